The lowest BCUT2D eigenvalue weighted by Gasteiger charge is -2.31. The maximum atomic E-state index is 13.6. The van der Waals surface area contributed by atoms with Crippen molar-refractivity contribution in [1.82, 2.24) is 9.80 Å². The minimum Gasteiger partial charge on any atom is -0.497 e. The highest BCUT2D eigenvalue weighted by Gasteiger charge is 2.51. The smallest absolute Gasteiger partial charge is 0.245 e. The number of likely N-dealkylation sites (tertiary alicyclic amines) is 1. The first-order valence-corrected chi connectivity index (χ1v) is 11.6. The minimum atomic E-state index is -0.759. The molecule has 2 aromatic rings. The van der Waals surface area contributed by atoms with E-state index in [1.54, 1.807) is 19.1 Å². The number of benzene rings is 2. The molecular weight excluding hydrogens is 416 g/mol. The topological polar surface area (TPSA) is 66.9 Å². The summed E-state index contributed by atoms with van der Waals surface area (Å²) in [6, 6.07) is 11.2. The second kappa shape index (κ2) is 9.38. The average Bonchev–Trinajstić information content (AvgIpc) is 3.06. The van der Waals surface area contributed by atoms with E-state index in [4.69, 9.17) is 4.74 Å². The third-order valence-electron chi connectivity index (χ3n) is 6.74. The van der Waals surface area contributed by atoms with E-state index in [-0.39, 0.29) is 35.5 Å². The Labute approximate surface area is 195 Å². The molecule has 0 bridgehead atoms. The van der Waals surface area contributed by atoms with Crippen molar-refractivity contribution in [3.8, 4) is 5.75 Å². The minimum absolute atomic E-state index is 0.171. The predicted octanol–water partition coefficient (Wildman–Crippen LogP) is 4.17. The molecule has 1 saturated heterocycles. The van der Waals surface area contributed by atoms with E-state index in [2.05, 4.69) is 6.07 Å². The molecule has 1 heterocycles. The Balaban J connectivity index is 1.55. The SMILES string of the molecule is COc1ccc2cc(CN(C)C(=O)C(CC(C)C)N3C(=O)C4CC=CCC4C3=O)ccc2c1. The fourth-order valence-electron chi connectivity index (χ4n) is 5.00. The van der Waals surface area contributed by atoms with Crippen LogP contribution in [-0.2, 0) is 20.9 Å². The monoisotopic (exact) mass is 448 g/mol. The van der Waals surface area contributed by atoms with Gasteiger partial charge in [0.05, 0.1) is 18.9 Å². The van der Waals surface area contributed by atoms with E-state index in [0.29, 0.717) is 25.8 Å². The molecule has 1 aliphatic carbocycles. The maximum Gasteiger partial charge on any atom is 0.245 e. The number of allylic oxidation sites excluding steroid dienone is 2. The molecule has 3 unspecified atom stereocenters. The van der Waals surface area contributed by atoms with E-state index < -0.39 is 6.04 Å². The van der Waals surface area contributed by atoms with Crippen LogP contribution in [0.3, 0.4) is 0 Å². The second-order valence-corrected chi connectivity index (χ2v) is 9.59. The zero-order valence-corrected chi connectivity index (χ0v) is 19.8. The molecule has 4 rings (SSSR count). The number of fused-ring (bicyclic) bond motifs is 2. The Morgan fingerprint density at radius 1 is 1.03 bits per heavy atom. The number of hydrogen-bond donors (Lipinski definition) is 0. The lowest BCUT2D eigenvalue weighted by molar-refractivity contribution is -0.152. The van der Waals surface area contributed by atoms with Gasteiger partial charge in [-0.25, -0.2) is 0 Å². The van der Waals surface area contributed by atoms with Crippen molar-refractivity contribution in [3.05, 3.63) is 54.1 Å². The summed E-state index contributed by atoms with van der Waals surface area (Å²) in [5.74, 6) is -0.255. The summed E-state index contributed by atoms with van der Waals surface area (Å²) in [7, 11) is 3.39. The Bertz CT molecular complexity index is 1080. The number of likely N-dealkylation sites (N-methyl/N-ethyl adjacent to an activating group) is 1. The molecule has 1 fully saturated rings. The number of ether oxygens (including phenoxy) is 1. The first kappa shape index (κ1) is 23.0. The molecule has 6 nitrogen and oxygen atoms in total. The van der Waals surface area contributed by atoms with Gasteiger partial charge in [0.15, 0.2) is 0 Å². The molecular formula is C27H32N2O4. The van der Waals surface area contributed by atoms with Crippen molar-refractivity contribution in [2.75, 3.05) is 14.2 Å². The molecule has 3 amide bonds. The van der Waals surface area contributed by atoms with Crippen LogP contribution in [0.4, 0.5) is 0 Å². The molecule has 0 spiro atoms. The first-order chi connectivity index (χ1) is 15.8. The molecule has 0 N–H and O–H groups in total. The number of carbonyl (C=O) groups is 3. The molecule has 0 aromatic heterocycles. The third kappa shape index (κ3) is 4.52. The third-order valence-corrected chi connectivity index (χ3v) is 6.74. The summed E-state index contributed by atoms with van der Waals surface area (Å²) in [6.45, 7) is 4.43. The van der Waals surface area contributed by atoms with Crippen LogP contribution in [0, 0.1) is 17.8 Å². The molecule has 1 aliphatic heterocycles. The van der Waals surface area contributed by atoms with Crippen molar-refractivity contribution in [2.45, 2.75) is 45.7 Å². The van der Waals surface area contributed by atoms with Crippen LogP contribution < -0.4 is 4.74 Å². The highest BCUT2D eigenvalue weighted by molar-refractivity contribution is 6.08. The number of rotatable bonds is 7. The van der Waals surface area contributed by atoms with Crippen LogP contribution in [0.5, 0.6) is 5.75 Å². The highest BCUT2D eigenvalue weighted by atomic mass is 16.5. The molecule has 0 radical (unpaired) electrons. The summed E-state index contributed by atoms with van der Waals surface area (Å²) in [4.78, 5) is 42.8. The van der Waals surface area contributed by atoms with Gasteiger partial charge in [0, 0.05) is 13.6 Å². The predicted molar refractivity (Wildman–Crippen MR) is 127 cm³/mol. The van der Waals surface area contributed by atoms with Gasteiger partial charge < -0.3 is 9.64 Å². The quantitative estimate of drug-likeness (QED) is 0.471. The maximum absolute atomic E-state index is 13.6. The number of amides is 3. The lowest BCUT2D eigenvalue weighted by Crippen LogP contribution is -2.50. The van der Waals surface area contributed by atoms with Crippen LogP contribution in [0.1, 0.15) is 38.7 Å². The normalized spacial score (nSPS) is 20.9. The Morgan fingerprint density at radius 2 is 1.64 bits per heavy atom. The number of nitrogens with zero attached hydrogens (tertiary/aromatic N) is 2. The molecule has 33 heavy (non-hydrogen) atoms. The Morgan fingerprint density at radius 3 is 2.24 bits per heavy atom. The van der Waals surface area contributed by atoms with Gasteiger partial charge in [-0.2, -0.15) is 0 Å². The largest absolute Gasteiger partial charge is 0.497 e. The standard InChI is InChI=1S/C27H32N2O4/c1-17(2)13-24(29-25(30)22-7-5-6-8-23(22)26(29)31)27(32)28(3)16-18-9-10-20-15-21(33-4)12-11-19(20)14-18/h5-6,9-12,14-15,17,22-24H,7-8,13,16H2,1-4H3. The van der Waals surface area contributed by atoms with Crippen LogP contribution in [0.15, 0.2) is 48.6 Å². The lowest BCUT2D eigenvalue weighted by atomic mass is 9.85. The summed E-state index contributed by atoms with van der Waals surface area (Å²) >= 11 is 0. The van der Waals surface area contributed by atoms with Crippen molar-refractivity contribution in [3.63, 3.8) is 0 Å². The van der Waals surface area contributed by atoms with Gasteiger partial charge in [0.1, 0.15) is 11.8 Å². The molecule has 3 atom stereocenters. The fourth-order valence-corrected chi connectivity index (χ4v) is 5.00. The van der Waals surface area contributed by atoms with Gasteiger partial charge >= 0.3 is 0 Å². The van der Waals surface area contributed by atoms with Gasteiger partial charge in [-0.1, -0.05) is 44.2 Å². The van der Waals surface area contributed by atoms with Crippen LogP contribution in [-0.4, -0.2) is 47.7 Å². The Hall–Kier alpha value is -3.15. The Kier molecular flexibility index (Phi) is 6.54. The first-order valence-electron chi connectivity index (χ1n) is 11.6. The number of carbonyl (C=O) groups excluding carboxylic acids is 3. The van der Waals surface area contributed by atoms with Crippen molar-refractivity contribution < 1.29 is 19.1 Å². The van der Waals surface area contributed by atoms with E-state index in [9.17, 15) is 14.4 Å². The number of imide groups is 1. The summed E-state index contributed by atoms with van der Waals surface area (Å²) < 4.78 is 5.29. The number of methoxy groups -OCH3 is 1. The van der Waals surface area contributed by atoms with E-state index >= 15 is 0 Å². The molecule has 0 saturated carbocycles. The zero-order chi connectivity index (χ0) is 23.7. The van der Waals surface area contributed by atoms with Crippen molar-refractivity contribution in [1.29, 1.82) is 0 Å². The fraction of sp³-hybridized carbons (Fsp3) is 0.444. The average molecular weight is 449 g/mol. The van der Waals surface area contributed by atoms with Gasteiger partial charge in [-0.15, -0.1) is 0 Å². The van der Waals surface area contributed by atoms with E-state index in [1.165, 1.54) is 4.90 Å². The van der Waals surface area contributed by atoms with Gasteiger partial charge in [0.2, 0.25) is 17.7 Å². The molecule has 6 heteroatoms. The second-order valence-electron chi connectivity index (χ2n) is 9.59. The van der Waals surface area contributed by atoms with Crippen molar-refractivity contribution >= 4 is 28.5 Å². The molecule has 2 aliphatic rings. The van der Waals surface area contributed by atoms with Crippen LogP contribution in [0.2, 0.25) is 0 Å². The van der Waals surface area contributed by atoms with Crippen LogP contribution >= 0.6 is 0 Å². The molecule has 174 valence electrons. The summed E-state index contributed by atoms with van der Waals surface area (Å²) in [6.07, 6.45) is 5.55. The highest BCUT2D eigenvalue weighted by Crippen LogP contribution is 2.37. The van der Waals surface area contributed by atoms with Crippen molar-refractivity contribution in [2.24, 2.45) is 17.8 Å². The van der Waals surface area contributed by atoms with Gasteiger partial charge in [-0.05, 0) is 59.7 Å². The van der Waals surface area contributed by atoms with Crippen LogP contribution in [0.25, 0.3) is 10.8 Å². The number of hydrogen-bond acceptors (Lipinski definition) is 4. The van der Waals surface area contributed by atoms with E-state index in [1.807, 2.05) is 56.3 Å². The summed E-state index contributed by atoms with van der Waals surface area (Å²) in [5.41, 5.74) is 0.990. The zero-order valence-electron chi connectivity index (χ0n) is 19.8. The van der Waals surface area contributed by atoms with Gasteiger partial charge in [0.25, 0.3) is 0 Å². The summed E-state index contributed by atoms with van der Waals surface area (Å²) in [5, 5.41) is 2.13. The molecule has 2 aromatic carbocycles. The van der Waals surface area contributed by atoms with E-state index in [0.717, 1.165) is 22.1 Å². The van der Waals surface area contributed by atoms with Gasteiger partial charge in [-0.3, -0.25) is 19.3 Å².